The van der Waals surface area contributed by atoms with Gasteiger partial charge in [0.1, 0.15) is 4.90 Å². The molecule has 1 aromatic heterocycles. The van der Waals surface area contributed by atoms with Crippen molar-refractivity contribution in [3.05, 3.63) is 22.9 Å². The molecule has 0 unspecified atom stereocenters. The summed E-state index contributed by atoms with van der Waals surface area (Å²) in [5, 5.41) is 2.69. The second-order valence-electron chi connectivity index (χ2n) is 4.53. The first-order chi connectivity index (χ1) is 9.91. The average Bonchev–Trinajstić information content (AvgIpc) is 2.44. The van der Waals surface area contributed by atoms with Gasteiger partial charge in [0.2, 0.25) is 15.9 Å². The first-order valence-corrected chi connectivity index (χ1v) is 9.02. The molecule has 6 nitrogen and oxygen atoms in total. The largest absolute Gasteiger partial charge is 0.355 e. The lowest BCUT2D eigenvalue weighted by Gasteiger charge is -2.21. The third-order valence-corrected chi connectivity index (χ3v) is 4.93. The van der Waals surface area contributed by atoms with Crippen LogP contribution in [0, 0.1) is 0 Å². The fraction of sp³-hybridized carbons (Fsp3) is 0.538. The normalized spacial score (nSPS) is 11.6. The Morgan fingerprint density at radius 1 is 1.33 bits per heavy atom. The molecule has 21 heavy (non-hydrogen) atoms. The molecule has 0 aliphatic heterocycles. The van der Waals surface area contributed by atoms with E-state index in [-0.39, 0.29) is 23.9 Å². The van der Waals surface area contributed by atoms with E-state index in [2.05, 4.69) is 26.2 Å². The average molecular weight is 378 g/mol. The predicted octanol–water partition coefficient (Wildman–Crippen LogP) is 1.77. The van der Waals surface area contributed by atoms with Crippen molar-refractivity contribution in [3.8, 4) is 0 Å². The van der Waals surface area contributed by atoms with Crippen molar-refractivity contribution in [1.29, 1.82) is 0 Å². The minimum absolute atomic E-state index is 0.0774. The zero-order chi connectivity index (χ0) is 15.9. The number of halogens is 1. The van der Waals surface area contributed by atoms with Crippen molar-refractivity contribution < 1.29 is 13.2 Å². The van der Waals surface area contributed by atoms with Crippen LogP contribution in [0.2, 0.25) is 0 Å². The van der Waals surface area contributed by atoms with E-state index in [1.165, 1.54) is 22.8 Å². The molecule has 0 aromatic carbocycles. The molecular formula is C13H20BrN3O3S. The smallest absolute Gasteiger partial charge is 0.245 e. The van der Waals surface area contributed by atoms with Gasteiger partial charge in [-0.3, -0.25) is 9.78 Å². The number of hydrogen-bond acceptors (Lipinski definition) is 4. The molecule has 1 N–H and O–H groups in total. The Labute approximate surface area is 134 Å². The van der Waals surface area contributed by atoms with Gasteiger partial charge in [-0.2, -0.15) is 4.31 Å². The molecule has 0 radical (unpaired) electrons. The highest BCUT2D eigenvalue weighted by atomic mass is 79.9. The highest BCUT2D eigenvalue weighted by Gasteiger charge is 2.26. The van der Waals surface area contributed by atoms with Gasteiger partial charge in [-0.05, 0) is 34.8 Å². The Kier molecular flexibility index (Phi) is 7.27. The minimum Gasteiger partial charge on any atom is -0.355 e. The number of carbonyl (C=O) groups excluding carboxylic acids is 1. The van der Waals surface area contributed by atoms with E-state index in [4.69, 9.17) is 0 Å². The molecule has 1 rings (SSSR count). The number of nitrogens with zero attached hydrogens (tertiary/aromatic N) is 2. The zero-order valence-corrected chi connectivity index (χ0v) is 14.6. The van der Waals surface area contributed by atoms with Crippen molar-refractivity contribution in [3.63, 3.8) is 0 Å². The highest BCUT2D eigenvalue weighted by Crippen LogP contribution is 2.18. The molecule has 1 amide bonds. The van der Waals surface area contributed by atoms with Crippen LogP contribution >= 0.6 is 15.9 Å². The second kappa shape index (κ2) is 8.45. The first kappa shape index (κ1) is 18.1. The standard InChI is InChI=1S/C13H20BrN3O3S/c1-3-5-16-13(18)10-17(6-4-2)21(19,20)12-7-11(14)8-15-9-12/h7-9H,3-6,10H2,1-2H3,(H,16,18). The summed E-state index contributed by atoms with van der Waals surface area (Å²) in [5.74, 6) is -0.295. The minimum atomic E-state index is -3.73. The quantitative estimate of drug-likeness (QED) is 0.748. The van der Waals surface area contributed by atoms with Crippen LogP contribution in [0.25, 0.3) is 0 Å². The Morgan fingerprint density at radius 3 is 2.62 bits per heavy atom. The van der Waals surface area contributed by atoms with Gasteiger partial charge in [-0.1, -0.05) is 13.8 Å². The van der Waals surface area contributed by atoms with Gasteiger partial charge < -0.3 is 5.32 Å². The van der Waals surface area contributed by atoms with E-state index in [1.807, 2.05) is 13.8 Å². The lowest BCUT2D eigenvalue weighted by molar-refractivity contribution is -0.121. The van der Waals surface area contributed by atoms with Crippen molar-refractivity contribution in [1.82, 2.24) is 14.6 Å². The fourth-order valence-electron chi connectivity index (χ4n) is 1.70. The number of pyridine rings is 1. The third-order valence-electron chi connectivity index (χ3n) is 2.68. The summed E-state index contributed by atoms with van der Waals surface area (Å²) in [6.45, 7) is 4.45. The van der Waals surface area contributed by atoms with Gasteiger partial charge in [0.05, 0.1) is 6.54 Å². The van der Waals surface area contributed by atoms with Gasteiger partial charge in [0.15, 0.2) is 0 Å². The Bertz CT molecular complexity index is 578. The number of hydrogen-bond donors (Lipinski definition) is 1. The molecule has 1 heterocycles. The maximum absolute atomic E-state index is 12.6. The Balaban J connectivity index is 2.95. The van der Waals surface area contributed by atoms with Crippen molar-refractivity contribution in [2.24, 2.45) is 0 Å². The van der Waals surface area contributed by atoms with Gasteiger partial charge in [-0.15, -0.1) is 0 Å². The van der Waals surface area contributed by atoms with E-state index < -0.39 is 10.0 Å². The summed E-state index contributed by atoms with van der Waals surface area (Å²) in [4.78, 5) is 15.7. The van der Waals surface area contributed by atoms with Gasteiger partial charge >= 0.3 is 0 Å². The van der Waals surface area contributed by atoms with E-state index in [0.29, 0.717) is 17.4 Å². The van der Waals surface area contributed by atoms with Gasteiger partial charge in [0, 0.05) is 30.0 Å². The van der Waals surface area contributed by atoms with Crippen LogP contribution in [0.4, 0.5) is 0 Å². The van der Waals surface area contributed by atoms with E-state index in [1.54, 1.807) is 0 Å². The molecule has 0 saturated carbocycles. The maximum atomic E-state index is 12.6. The van der Waals surface area contributed by atoms with Crippen LogP contribution in [-0.4, -0.2) is 43.2 Å². The lowest BCUT2D eigenvalue weighted by atomic mass is 10.4. The highest BCUT2D eigenvalue weighted by molar-refractivity contribution is 9.10. The molecule has 0 fully saturated rings. The molecule has 1 aromatic rings. The monoisotopic (exact) mass is 377 g/mol. The van der Waals surface area contributed by atoms with Crippen molar-refractivity contribution >= 4 is 31.9 Å². The predicted molar refractivity (Wildman–Crippen MR) is 84.3 cm³/mol. The first-order valence-electron chi connectivity index (χ1n) is 6.79. The van der Waals surface area contributed by atoms with Crippen LogP contribution in [0.15, 0.2) is 27.8 Å². The molecule has 0 bridgehead atoms. The molecule has 8 heteroatoms. The van der Waals surface area contributed by atoms with Gasteiger partial charge in [-0.25, -0.2) is 8.42 Å². The molecular weight excluding hydrogens is 358 g/mol. The number of rotatable bonds is 8. The topological polar surface area (TPSA) is 79.4 Å². The summed E-state index contributed by atoms with van der Waals surface area (Å²) in [7, 11) is -3.73. The van der Waals surface area contributed by atoms with Crippen LogP contribution in [-0.2, 0) is 14.8 Å². The Morgan fingerprint density at radius 2 is 2.05 bits per heavy atom. The number of aromatic nitrogens is 1. The van der Waals surface area contributed by atoms with Crippen LogP contribution in [0.5, 0.6) is 0 Å². The second-order valence-corrected chi connectivity index (χ2v) is 7.38. The number of carbonyl (C=O) groups is 1. The number of sulfonamides is 1. The SMILES string of the molecule is CCCNC(=O)CN(CCC)S(=O)(=O)c1cncc(Br)c1. The maximum Gasteiger partial charge on any atom is 0.245 e. The van der Waals surface area contributed by atoms with Crippen molar-refractivity contribution in [2.75, 3.05) is 19.6 Å². The lowest BCUT2D eigenvalue weighted by Crippen LogP contribution is -2.41. The van der Waals surface area contributed by atoms with Crippen LogP contribution in [0.1, 0.15) is 26.7 Å². The molecule has 0 atom stereocenters. The molecule has 0 saturated heterocycles. The van der Waals surface area contributed by atoms with Crippen LogP contribution in [0.3, 0.4) is 0 Å². The molecule has 0 aliphatic rings. The van der Waals surface area contributed by atoms with Crippen molar-refractivity contribution in [2.45, 2.75) is 31.6 Å². The number of nitrogens with one attached hydrogen (secondary N) is 1. The fourth-order valence-corrected chi connectivity index (χ4v) is 3.69. The van der Waals surface area contributed by atoms with E-state index >= 15 is 0 Å². The zero-order valence-electron chi connectivity index (χ0n) is 12.2. The summed E-state index contributed by atoms with van der Waals surface area (Å²) >= 11 is 3.20. The number of amides is 1. The van der Waals surface area contributed by atoms with E-state index in [9.17, 15) is 13.2 Å². The van der Waals surface area contributed by atoms with Crippen LogP contribution < -0.4 is 5.32 Å². The molecule has 118 valence electrons. The molecule has 0 aliphatic carbocycles. The third kappa shape index (κ3) is 5.37. The summed E-state index contributed by atoms with van der Waals surface area (Å²) < 4.78 is 26.9. The summed E-state index contributed by atoms with van der Waals surface area (Å²) in [6, 6.07) is 1.48. The summed E-state index contributed by atoms with van der Waals surface area (Å²) in [5.41, 5.74) is 0. The Hall–Kier alpha value is -0.990. The van der Waals surface area contributed by atoms with E-state index in [0.717, 1.165) is 6.42 Å². The summed E-state index contributed by atoms with van der Waals surface area (Å²) in [6.07, 6.45) is 4.23. The van der Waals surface area contributed by atoms with Gasteiger partial charge in [0.25, 0.3) is 0 Å². The molecule has 0 spiro atoms.